The average molecular weight is 318 g/mol. The second-order valence-electron chi connectivity index (χ2n) is 5.13. The zero-order valence-corrected chi connectivity index (χ0v) is 12.7. The molecular formula is C13H17Cl2N3O2. The molecule has 2 unspecified atom stereocenters. The Morgan fingerprint density at radius 1 is 1.40 bits per heavy atom. The first-order chi connectivity index (χ1) is 9.41. The first kappa shape index (κ1) is 15.4. The number of nitro groups is 1. The number of nitrogens with two attached hydrogens (primary N) is 1. The lowest BCUT2D eigenvalue weighted by Gasteiger charge is -2.40. The number of hydrogen-bond acceptors (Lipinski definition) is 4. The zero-order valence-electron chi connectivity index (χ0n) is 11.2. The predicted molar refractivity (Wildman–Crippen MR) is 81.8 cm³/mol. The monoisotopic (exact) mass is 317 g/mol. The van der Waals surface area contributed by atoms with Gasteiger partial charge in [0.2, 0.25) is 0 Å². The Kier molecular flexibility index (Phi) is 4.73. The quantitative estimate of drug-likeness (QED) is 0.682. The molecule has 1 fully saturated rings. The summed E-state index contributed by atoms with van der Waals surface area (Å²) in [7, 11) is 0. The molecule has 5 nitrogen and oxygen atoms in total. The molecule has 110 valence electrons. The van der Waals surface area contributed by atoms with E-state index in [2.05, 4.69) is 4.90 Å². The fraction of sp³-hybridized carbons (Fsp3) is 0.538. The van der Waals surface area contributed by atoms with Gasteiger partial charge >= 0.3 is 0 Å². The number of benzene rings is 1. The van der Waals surface area contributed by atoms with Crippen molar-refractivity contribution in [1.82, 2.24) is 0 Å². The molecule has 0 bridgehead atoms. The van der Waals surface area contributed by atoms with Crippen molar-refractivity contribution in [2.45, 2.75) is 38.3 Å². The van der Waals surface area contributed by atoms with Gasteiger partial charge in [-0.1, -0.05) is 23.2 Å². The summed E-state index contributed by atoms with van der Waals surface area (Å²) in [5, 5.41) is 11.4. The number of piperidine rings is 1. The van der Waals surface area contributed by atoms with Gasteiger partial charge < -0.3 is 10.6 Å². The molecule has 0 spiro atoms. The summed E-state index contributed by atoms with van der Waals surface area (Å²) in [5.41, 5.74) is 6.59. The van der Waals surface area contributed by atoms with Crippen LogP contribution in [0.2, 0.25) is 10.0 Å². The smallest absolute Gasteiger partial charge is 0.272 e. The lowest BCUT2D eigenvalue weighted by Crippen LogP contribution is -2.49. The summed E-state index contributed by atoms with van der Waals surface area (Å²) >= 11 is 12.4. The van der Waals surface area contributed by atoms with Gasteiger partial charge in [-0.3, -0.25) is 10.1 Å². The molecule has 1 heterocycles. The highest BCUT2D eigenvalue weighted by Crippen LogP contribution is 2.40. The van der Waals surface area contributed by atoms with E-state index in [1.165, 1.54) is 12.1 Å². The fourth-order valence-corrected chi connectivity index (χ4v) is 3.41. The topological polar surface area (TPSA) is 72.4 Å². The molecule has 1 aromatic rings. The van der Waals surface area contributed by atoms with Gasteiger partial charge in [0.15, 0.2) is 0 Å². The summed E-state index contributed by atoms with van der Waals surface area (Å²) in [5.74, 6) is 0. The van der Waals surface area contributed by atoms with Crippen LogP contribution < -0.4 is 10.6 Å². The summed E-state index contributed by atoms with van der Waals surface area (Å²) in [6, 6.07) is 2.82. The highest BCUT2D eigenvalue weighted by Gasteiger charge is 2.29. The van der Waals surface area contributed by atoms with Crippen LogP contribution in [0.25, 0.3) is 0 Å². The Morgan fingerprint density at radius 3 is 2.50 bits per heavy atom. The number of anilines is 1. The fourth-order valence-electron chi connectivity index (χ4n) is 2.71. The largest absolute Gasteiger partial charge is 0.365 e. The summed E-state index contributed by atoms with van der Waals surface area (Å²) in [4.78, 5) is 12.4. The van der Waals surface area contributed by atoms with E-state index in [9.17, 15) is 10.1 Å². The summed E-state index contributed by atoms with van der Waals surface area (Å²) < 4.78 is 0. The van der Waals surface area contributed by atoms with Gasteiger partial charge in [0, 0.05) is 30.8 Å². The molecule has 1 aromatic carbocycles. The van der Waals surface area contributed by atoms with E-state index in [4.69, 9.17) is 28.9 Å². The molecule has 0 aliphatic carbocycles. The maximum Gasteiger partial charge on any atom is 0.272 e. The summed E-state index contributed by atoms with van der Waals surface area (Å²) in [6.45, 7) is 2.76. The lowest BCUT2D eigenvalue weighted by molar-refractivity contribution is -0.384. The predicted octanol–water partition coefficient (Wildman–Crippen LogP) is 3.61. The van der Waals surface area contributed by atoms with Crippen LogP contribution in [0.4, 0.5) is 11.4 Å². The molecule has 0 aromatic heterocycles. The van der Waals surface area contributed by atoms with Crippen molar-refractivity contribution in [2.24, 2.45) is 5.73 Å². The van der Waals surface area contributed by atoms with Crippen molar-refractivity contribution in [3.8, 4) is 0 Å². The van der Waals surface area contributed by atoms with Crippen molar-refractivity contribution >= 4 is 34.6 Å². The third kappa shape index (κ3) is 3.00. The van der Waals surface area contributed by atoms with E-state index >= 15 is 0 Å². The van der Waals surface area contributed by atoms with Crippen LogP contribution >= 0.6 is 23.2 Å². The van der Waals surface area contributed by atoms with Crippen LogP contribution in [0.15, 0.2) is 12.1 Å². The molecule has 1 aliphatic heterocycles. The SMILES string of the molecule is CC(N)C1CCCCN1c1c(Cl)cc([N+](=O)[O-])cc1Cl. The van der Waals surface area contributed by atoms with Crippen molar-refractivity contribution in [2.75, 3.05) is 11.4 Å². The van der Waals surface area contributed by atoms with E-state index in [0.717, 1.165) is 25.8 Å². The second kappa shape index (κ2) is 6.16. The van der Waals surface area contributed by atoms with Gasteiger partial charge in [-0.2, -0.15) is 0 Å². The molecule has 0 amide bonds. The Labute approximate surface area is 127 Å². The molecular weight excluding hydrogens is 301 g/mol. The first-order valence-electron chi connectivity index (χ1n) is 6.57. The summed E-state index contributed by atoms with van der Waals surface area (Å²) in [6.07, 6.45) is 3.12. The van der Waals surface area contributed by atoms with Crippen LogP contribution in [0.1, 0.15) is 26.2 Å². The third-order valence-corrected chi connectivity index (χ3v) is 4.23. The van der Waals surface area contributed by atoms with E-state index in [0.29, 0.717) is 15.7 Å². The Hall–Kier alpha value is -1.04. The lowest BCUT2D eigenvalue weighted by atomic mass is 9.96. The minimum atomic E-state index is -0.499. The van der Waals surface area contributed by atoms with Gasteiger partial charge in [-0.15, -0.1) is 0 Å². The maximum atomic E-state index is 10.8. The van der Waals surface area contributed by atoms with Crippen molar-refractivity contribution < 1.29 is 4.92 Å². The molecule has 1 saturated heterocycles. The van der Waals surface area contributed by atoms with Crippen LogP contribution in [-0.2, 0) is 0 Å². The van der Waals surface area contributed by atoms with E-state index < -0.39 is 4.92 Å². The normalized spacial score (nSPS) is 20.8. The van der Waals surface area contributed by atoms with Gasteiger partial charge in [0.05, 0.1) is 20.7 Å². The highest BCUT2D eigenvalue weighted by atomic mass is 35.5. The van der Waals surface area contributed by atoms with Crippen LogP contribution in [0.3, 0.4) is 0 Å². The highest BCUT2D eigenvalue weighted by molar-refractivity contribution is 6.39. The van der Waals surface area contributed by atoms with Crippen LogP contribution in [-0.4, -0.2) is 23.6 Å². The third-order valence-electron chi connectivity index (χ3n) is 3.66. The molecule has 20 heavy (non-hydrogen) atoms. The zero-order chi connectivity index (χ0) is 14.9. The molecule has 2 atom stereocenters. The number of nitro benzene ring substituents is 1. The second-order valence-corrected chi connectivity index (χ2v) is 5.95. The average Bonchev–Trinajstić information content (AvgIpc) is 2.38. The maximum absolute atomic E-state index is 10.8. The number of non-ortho nitro benzene ring substituents is 1. The van der Waals surface area contributed by atoms with E-state index in [-0.39, 0.29) is 17.8 Å². The number of rotatable bonds is 3. The Morgan fingerprint density at radius 2 is 2.00 bits per heavy atom. The van der Waals surface area contributed by atoms with Crippen molar-refractivity contribution in [3.05, 3.63) is 32.3 Å². The Balaban J connectivity index is 2.43. The Bertz CT molecular complexity index is 499. The van der Waals surface area contributed by atoms with Crippen molar-refractivity contribution in [1.29, 1.82) is 0 Å². The number of hydrogen-bond donors (Lipinski definition) is 1. The van der Waals surface area contributed by atoms with Gasteiger partial charge in [0.25, 0.3) is 5.69 Å². The number of halogens is 2. The van der Waals surface area contributed by atoms with Crippen molar-refractivity contribution in [3.63, 3.8) is 0 Å². The number of nitrogens with zero attached hydrogens (tertiary/aromatic N) is 2. The van der Waals surface area contributed by atoms with Gasteiger partial charge in [-0.25, -0.2) is 0 Å². The van der Waals surface area contributed by atoms with Crippen LogP contribution in [0, 0.1) is 10.1 Å². The molecule has 1 aliphatic rings. The molecule has 0 radical (unpaired) electrons. The minimum absolute atomic E-state index is 0.0161. The van der Waals surface area contributed by atoms with E-state index in [1.807, 2.05) is 6.92 Å². The molecule has 0 saturated carbocycles. The molecule has 2 rings (SSSR count). The van der Waals surface area contributed by atoms with E-state index in [1.54, 1.807) is 0 Å². The molecule has 2 N–H and O–H groups in total. The van der Waals surface area contributed by atoms with Gasteiger partial charge in [0.1, 0.15) is 0 Å². The molecule has 7 heteroatoms. The van der Waals surface area contributed by atoms with Gasteiger partial charge in [-0.05, 0) is 26.2 Å². The first-order valence-corrected chi connectivity index (χ1v) is 7.33. The minimum Gasteiger partial charge on any atom is -0.365 e. The van der Waals surface area contributed by atoms with Crippen LogP contribution in [0.5, 0.6) is 0 Å². The standard InChI is InChI=1S/C13H17Cl2N3O2/c1-8(16)12-4-2-3-5-17(12)13-10(14)6-9(18(19)20)7-11(13)15/h6-8,12H,2-5,16H2,1H3.